The van der Waals surface area contributed by atoms with Crippen LogP contribution in [-0.4, -0.2) is 45.5 Å². The van der Waals surface area contributed by atoms with Gasteiger partial charge in [-0.3, -0.25) is 4.79 Å². The summed E-state index contributed by atoms with van der Waals surface area (Å²) in [7, 11) is 0. The number of thioether (sulfide) groups is 1. The molecule has 0 unspecified atom stereocenters. The topological polar surface area (TPSA) is 66.8 Å². The van der Waals surface area contributed by atoms with Crippen LogP contribution in [0.2, 0.25) is 0 Å². The molecule has 5 nitrogen and oxygen atoms in total. The fourth-order valence-electron chi connectivity index (χ4n) is 2.37. The minimum atomic E-state index is -0.947. The Bertz CT molecular complexity index is 608. The summed E-state index contributed by atoms with van der Waals surface area (Å²) < 4.78 is 17.9. The van der Waals surface area contributed by atoms with E-state index in [4.69, 9.17) is 9.84 Å². The maximum atomic E-state index is 13.3. The highest BCUT2D eigenvalue weighted by molar-refractivity contribution is 8.00. The monoisotopic (exact) mass is 341 g/mol. The van der Waals surface area contributed by atoms with Crippen LogP contribution in [-0.2, 0) is 9.53 Å². The number of aliphatic carboxylic acids is 1. The Kier molecular flexibility index (Phi) is 4.89. The van der Waals surface area contributed by atoms with Gasteiger partial charge < -0.3 is 14.7 Å². The quantitative estimate of drug-likeness (QED) is 0.909. The molecular formula is C16H20FNO4S. The van der Waals surface area contributed by atoms with Gasteiger partial charge in [0, 0.05) is 18.0 Å². The van der Waals surface area contributed by atoms with Crippen LogP contribution in [0.3, 0.4) is 0 Å². The third-order valence-electron chi connectivity index (χ3n) is 3.21. The van der Waals surface area contributed by atoms with E-state index < -0.39 is 22.4 Å². The van der Waals surface area contributed by atoms with Crippen molar-refractivity contribution in [3.05, 3.63) is 30.1 Å². The van der Waals surface area contributed by atoms with Crippen molar-refractivity contribution in [3.8, 4) is 0 Å². The van der Waals surface area contributed by atoms with Crippen molar-refractivity contribution in [2.24, 2.45) is 0 Å². The molecule has 1 aliphatic heterocycles. The van der Waals surface area contributed by atoms with Crippen molar-refractivity contribution in [2.45, 2.75) is 42.4 Å². The van der Waals surface area contributed by atoms with E-state index in [2.05, 4.69) is 0 Å². The second-order valence-electron chi connectivity index (χ2n) is 6.65. The average Bonchev–Trinajstić information content (AvgIpc) is 2.32. The fraction of sp³-hybridized carbons (Fsp3) is 0.500. The molecule has 1 aliphatic rings. The number of halogens is 1. The number of carboxylic acids is 1. The number of carbonyl (C=O) groups excluding carboxylic acids is 1. The van der Waals surface area contributed by atoms with Gasteiger partial charge in [-0.15, -0.1) is 11.8 Å². The van der Waals surface area contributed by atoms with E-state index in [-0.39, 0.29) is 25.3 Å². The summed E-state index contributed by atoms with van der Waals surface area (Å²) in [6, 6.07) is 6.01. The third-order valence-corrected chi connectivity index (χ3v) is 4.54. The molecule has 0 aliphatic carbocycles. The van der Waals surface area contributed by atoms with Gasteiger partial charge in [0.15, 0.2) is 0 Å². The highest BCUT2D eigenvalue weighted by atomic mass is 32.2. The Balaban J connectivity index is 2.06. The Morgan fingerprint density at radius 2 is 2.04 bits per heavy atom. The summed E-state index contributed by atoms with van der Waals surface area (Å²) in [5.74, 6) is -1.32. The van der Waals surface area contributed by atoms with Gasteiger partial charge in [0.25, 0.3) is 0 Å². The average molecular weight is 341 g/mol. The summed E-state index contributed by atoms with van der Waals surface area (Å²) >= 11 is 1.29. The van der Waals surface area contributed by atoms with Crippen LogP contribution in [0.5, 0.6) is 0 Å². The van der Waals surface area contributed by atoms with Crippen molar-refractivity contribution in [2.75, 3.05) is 13.1 Å². The lowest BCUT2D eigenvalue weighted by atomic mass is 9.95. The number of ether oxygens (including phenoxy) is 1. The van der Waals surface area contributed by atoms with Crippen molar-refractivity contribution in [1.82, 2.24) is 4.90 Å². The van der Waals surface area contributed by atoms with E-state index in [1.54, 1.807) is 32.9 Å². The molecule has 0 bridgehead atoms. The van der Waals surface area contributed by atoms with Crippen LogP contribution >= 0.6 is 11.8 Å². The molecule has 1 aromatic rings. The fourth-order valence-corrected chi connectivity index (χ4v) is 3.83. The van der Waals surface area contributed by atoms with Gasteiger partial charge in [0.1, 0.15) is 11.4 Å². The molecular weight excluding hydrogens is 321 g/mol. The molecule has 23 heavy (non-hydrogen) atoms. The number of carbonyl (C=O) groups is 2. The lowest BCUT2D eigenvalue weighted by molar-refractivity contribution is -0.138. The van der Waals surface area contributed by atoms with E-state index in [0.717, 1.165) is 0 Å². The first kappa shape index (κ1) is 17.6. The molecule has 1 saturated heterocycles. The van der Waals surface area contributed by atoms with E-state index in [1.807, 2.05) is 0 Å². The predicted octanol–water partition coefficient (Wildman–Crippen LogP) is 3.38. The minimum Gasteiger partial charge on any atom is -0.481 e. The van der Waals surface area contributed by atoms with Gasteiger partial charge in [-0.25, -0.2) is 9.18 Å². The Morgan fingerprint density at radius 3 is 2.57 bits per heavy atom. The number of likely N-dealkylation sites (tertiary alicyclic amines) is 1. The molecule has 1 heterocycles. The molecule has 1 N–H and O–H groups in total. The number of nitrogens with zero attached hydrogens (tertiary/aromatic N) is 1. The van der Waals surface area contributed by atoms with Crippen LogP contribution in [0.1, 0.15) is 27.2 Å². The van der Waals surface area contributed by atoms with Gasteiger partial charge >= 0.3 is 12.1 Å². The van der Waals surface area contributed by atoms with Crippen molar-refractivity contribution in [1.29, 1.82) is 0 Å². The molecule has 0 atom stereocenters. The highest BCUT2D eigenvalue weighted by Gasteiger charge is 2.48. The maximum absolute atomic E-state index is 13.3. The van der Waals surface area contributed by atoms with Gasteiger partial charge in [0.05, 0.1) is 11.2 Å². The van der Waals surface area contributed by atoms with Gasteiger partial charge in [0.2, 0.25) is 0 Å². The number of benzene rings is 1. The van der Waals surface area contributed by atoms with Crippen molar-refractivity contribution >= 4 is 23.8 Å². The van der Waals surface area contributed by atoms with Crippen LogP contribution in [0.25, 0.3) is 0 Å². The van der Waals surface area contributed by atoms with Gasteiger partial charge in [-0.05, 0) is 39.0 Å². The first-order valence-electron chi connectivity index (χ1n) is 7.23. The third kappa shape index (κ3) is 4.86. The summed E-state index contributed by atoms with van der Waals surface area (Å²) in [5.41, 5.74) is -0.599. The Morgan fingerprint density at radius 1 is 1.39 bits per heavy atom. The van der Waals surface area contributed by atoms with Crippen molar-refractivity contribution in [3.63, 3.8) is 0 Å². The zero-order valence-electron chi connectivity index (χ0n) is 13.3. The number of hydrogen-bond acceptors (Lipinski definition) is 4. The van der Waals surface area contributed by atoms with Gasteiger partial charge in [-0.1, -0.05) is 6.07 Å². The van der Waals surface area contributed by atoms with E-state index >= 15 is 0 Å². The summed E-state index contributed by atoms with van der Waals surface area (Å²) in [5, 5.41) is 9.14. The van der Waals surface area contributed by atoms with Crippen molar-refractivity contribution < 1.29 is 23.8 Å². The van der Waals surface area contributed by atoms with Crippen LogP contribution in [0.15, 0.2) is 29.2 Å². The Hall–Kier alpha value is -1.76. The molecule has 1 fully saturated rings. The van der Waals surface area contributed by atoms with Crippen LogP contribution < -0.4 is 0 Å². The molecule has 126 valence electrons. The first-order valence-corrected chi connectivity index (χ1v) is 8.05. The summed E-state index contributed by atoms with van der Waals surface area (Å²) in [6.45, 7) is 5.84. The molecule has 0 aromatic heterocycles. The lowest BCUT2D eigenvalue weighted by Gasteiger charge is -2.48. The first-order chi connectivity index (χ1) is 10.6. The smallest absolute Gasteiger partial charge is 0.410 e. The molecule has 0 saturated carbocycles. The lowest BCUT2D eigenvalue weighted by Crippen LogP contribution is -2.62. The number of amides is 1. The van der Waals surface area contributed by atoms with E-state index in [9.17, 15) is 14.0 Å². The molecule has 1 amide bonds. The molecule has 2 rings (SSSR count). The highest BCUT2D eigenvalue weighted by Crippen LogP contribution is 2.43. The molecule has 0 spiro atoms. The standard InChI is InChI=1S/C16H20FNO4S/c1-15(2,3)22-14(21)18-9-16(10-18,8-13(19)20)23-12-6-4-5-11(17)7-12/h4-7H,8-10H2,1-3H3,(H,19,20). The predicted molar refractivity (Wildman–Crippen MR) is 85.0 cm³/mol. The second-order valence-corrected chi connectivity index (χ2v) is 8.19. The SMILES string of the molecule is CC(C)(C)OC(=O)N1CC(CC(=O)O)(Sc2cccc(F)c2)C1. The number of rotatable bonds is 4. The zero-order valence-corrected chi connectivity index (χ0v) is 14.2. The van der Waals surface area contributed by atoms with Crippen LogP contribution in [0, 0.1) is 5.82 Å². The van der Waals surface area contributed by atoms with Crippen LogP contribution in [0.4, 0.5) is 9.18 Å². The molecule has 7 heteroatoms. The number of carboxylic acid groups (broad SMARTS) is 1. The number of hydrogen-bond donors (Lipinski definition) is 1. The normalized spacial score (nSPS) is 16.6. The van der Waals surface area contributed by atoms with Gasteiger partial charge in [-0.2, -0.15) is 0 Å². The second kappa shape index (κ2) is 6.39. The zero-order chi connectivity index (χ0) is 17.3. The largest absolute Gasteiger partial charge is 0.481 e. The Labute approximate surface area is 138 Å². The molecule has 0 radical (unpaired) electrons. The van der Waals surface area contributed by atoms with E-state index in [0.29, 0.717) is 4.90 Å². The molecule has 1 aromatic carbocycles. The summed E-state index contributed by atoms with van der Waals surface area (Å²) in [6.07, 6.45) is -0.564. The minimum absolute atomic E-state index is 0.104. The maximum Gasteiger partial charge on any atom is 0.410 e. The van der Waals surface area contributed by atoms with E-state index in [1.165, 1.54) is 28.8 Å². The summed E-state index contributed by atoms with van der Waals surface area (Å²) in [4.78, 5) is 25.3.